The van der Waals surface area contributed by atoms with Crippen LogP contribution in [0.4, 0.5) is 0 Å². The van der Waals surface area contributed by atoms with Gasteiger partial charge >= 0.3 is 0 Å². The van der Waals surface area contributed by atoms with Crippen molar-refractivity contribution in [3.63, 3.8) is 0 Å². The molecule has 0 heterocycles. The molecular weight excluding hydrogens is 238 g/mol. The fourth-order valence-corrected chi connectivity index (χ4v) is 2.59. The lowest BCUT2D eigenvalue weighted by Crippen LogP contribution is -2.26. The zero-order chi connectivity index (χ0) is 13.7. The molecule has 0 saturated carbocycles. The third-order valence-corrected chi connectivity index (χ3v) is 3.71. The summed E-state index contributed by atoms with van der Waals surface area (Å²) in [7, 11) is 3.31. The van der Waals surface area contributed by atoms with Gasteiger partial charge < -0.3 is 15.2 Å². The molecule has 1 aliphatic carbocycles. The summed E-state index contributed by atoms with van der Waals surface area (Å²) in [4.78, 5) is 0. The van der Waals surface area contributed by atoms with E-state index < -0.39 is 0 Å². The molecule has 0 spiro atoms. The minimum atomic E-state index is 0.124. The summed E-state index contributed by atoms with van der Waals surface area (Å²) in [5.74, 6) is 1.53. The summed E-state index contributed by atoms with van der Waals surface area (Å²) in [6.07, 6.45) is 8.06. The van der Waals surface area contributed by atoms with Gasteiger partial charge in [0.25, 0.3) is 0 Å². The molecule has 1 aromatic rings. The molecule has 0 amide bonds. The number of ether oxygens (including phenoxy) is 2. The Bertz CT molecular complexity index is 454. The second-order valence-corrected chi connectivity index (χ2v) is 5.02. The number of nitrogens with two attached hydrogens (primary N) is 1. The Kier molecular flexibility index (Phi) is 4.86. The van der Waals surface area contributed by atoms with E-state index in [0.29, 0.717) is 0 Å². The molecule has 0 fully saturated rings. The Morgan fingerprint density at radius 2 is 1.95 bits per heavy atom. The second-order valence-electron chi connectivity index (χ2n) is 5.02. The molecule has 104 valence electrons. The van der Waals surface area contributed by atoms with Gasteiger partial charge in [-0.25, -0.2) is 0 Å². The first-order valence-electron chi connectivity index (χ1n) is 6.90. The van der Waals surface area contributed by atoms with Crippen LogP contribution >= 0.6 is 0 Å². The monoisotopic (exact) mass is 261 g/mol. The van der Waals surface area contributed by atoms with E-state index in [4.69, 9.17) is 15.2 Å². The lowest BCUT2D eigenvalue weighted by Gasteiger charge is -2.20. The van der Waals surface area contributed by atoms with E-state index in [-0.39, 0.29) is 6.04 Å². The van der Waals surface area contributed by atoms with E-state index in [1.54, 1.807) is 14.2 Å². The predicted molar refractivity (Wildman–Crippen MR) is 77.8 cm³/mol. The molecular formula is C16H23NO2. The molecule has 0 saturated heterocycles. The van der Waals surface area contributed by atoms with Crippen molar-refractivity contribution in [2.45, 2.75) is 38.1 Å². The van der Waals surface area contributed by atoms with Crippen LogP contribution in [0, 0.1) is 0 Å². The Hall–Kier alpha value is -1.48. The van der Waals surface area contributed by atoms with E-state index in [9.17, 15) is 0 Å². The van der Waals surface area contributed by atoms with E-state index >= 15 is 0 Å². The van der Waals surface area contributed by atoms with Gasteiger partial charge in [0.1, 0.15) is 0 Å². The fourth-order valence-electron chi connectivity index (χ4n) is 2.59. The van der Waals surface area contributed by atoms with Gasteiger partial charge in [-0.3, -0.25) is 0 Å². The first-order chi connectivity index (χ1) is 9.24. The molecule has 2 rings (SSSR count). The maximum atomic E-state index is 6.30. The van der Waals surface area contributed by atoms with Crippen molar-refractivity contribution in [2.75, 3.05) is 14.2 Å². The highest BCUT2D eigenvalue weighted by molar-refractivity contribution is 5.43. The van der Waals surface area contributed by atoms with E-state index in [1.807, 2.05) is 12.1 Å². The summed E-state index contributed by atoms with van der Waals surface area (Å²) in [6.45, 7) is 0. The van der Waals surface area contributed by atoms with Crippen LogP contribution in [0.2, 0.25) is 0 Å². The smallest absolute Gasteiger partial charge is 0.160 e. The van der Waals surface area contributed by atoms with Crippen LogP contribution in [-0.2, 0) is 6.42 Å². The molecule has 3 heteroatoms. The first-order valence-corrected chi connectivity index (χ1v) is 6.90. The van der Waals surface area contributed by atoms with Crippen molar-refractivity contribution in [3.05, 3.63) is 35.4 Å². The van der Waals surface area contributed by atoms with Crippen LogP contribution in [0.25, 0.3) is 0 Å². The highest BCUT2D eigenvalue weighted by Gasteiger charge is 2.14. The Morgan fingerprint density at radius 3 is 2.58 bits per heavy atom. The number of hydrogen-bond acceptors (Lipinski definition) is 3. The molecule has 0 bridgehead atoms. The van der Waals surface area contributed by atoms with E-state index in [0.717, 1.165) is 24.3 Å². The summed E-state index contributed by atoms with van der Waals surface area (Å²) in [6, 6.07) is 6.14. The minimum absolute atomic E-state index is 0.124. The van der Waals surface area contributed by atoms with Gasteiger partial charge in [-0.05, 0) is 49.8 Å². The van der Waals surface area contributed by atoms with Crippen molar-refractivity contribution >= 4 is 0 Å². The summed E-state index contributed by atoms with van der Waals surface area (Å²) in [5.41, 5.74) is 8.90. The minimum Gasteiger partial charge on any atom is -0.493 e. The van der Waals surface area contributed by atoms with Gasteiger partial charge in [-0.15, -0.1) is 0 Å². The number of benzene rings is 1. The first kappa shape index (κ1) is 13.9. The molecule has 0 aromatic heterocycles. The molecule has 0 aliphatic heterocycles. The average molecular weight is 261 g/mol. The topological polar surface area (TPSA) is 44.5 Å². The molecule has 1 atom stereocenters. The fraction of sp³-hybridized carbons (Fsp3) is 0.500. The lowest BCUT2D eigenvalue weighted by molar-refractivity contribution is 0.354. The number of hydrogen-bond donors (Lipinski definition) is 1. The Labute approximate surface area is 115 Å². The van der Waals surface area contributed by atoms with Crippen LogP contribution in [0.1, 0.15) is 31.2 Å². The standard InChI is InChI=1S/C16H23NO2/c1-18-15-9-8-12(11-16(15)19-2)10-14(17)13-6-4-3-5-7-13/h6,8-9,11,14H,3-5,7,10,17H2,1-2H3. The van der Waals surface area contributed by atoms with E-state index in [1.165, 1.54) is 30.4 Å². The summed E-state index contributed by atoms with van der Waals surface area (Å²) in [5, 5.41) is 0. The number of allylic oxidation sites excluding steroid dienone is 1. The zero-order valence-electron chi connectivity index (χ0n) is 11.8. The summed E-state index contributed by atoms with van der Waals surface area (Å²) < 4.78 is 10.6. The van der Waals surface area contributed by atoms with Crippen molar-refractivity contribution in [3.8, 4) is 11.5 Å². The van der Waals surface area contributed by atoms with Crippen LogP contribution in [0.3, 0.4) is 0 Å². The number of rotatable bonds is 5. The molecule has 3 nitrogen and oxygen atoms in total. The van der Waals surface area contributed by atoms with Crippen molar-refractivity contribution < 1.29 is 9.47 Å². The Morgan fingerprint density at radius 1 is 1.16 bits per heavy atom. The van der Waals surface area contributed by atoms with Gasteiger partial charge in [-0.2, -0.15) is 0 Å². The van der Waals surface area contributed by atoms with Crippen molar-refractivity contribution in [1.82, 2.24) is 0 Å². The van der Waals surface area contributed by atoms with Crippen LogP contribution < -0.4 is 15.2 Å². The third kappa shape index (κ3) is 3.51. The molecule has 0 radical (unpaired) electrons. The highest BCUT2D eigenvalue weighted by atomic mass is 16.5. The van der Waals surface area contributed by atoms with Crippen LogP contribution in [-0.4, -0.2) is 20.3 Å². The molecule has 1 unspecified atom stereocenters. The van der Waals surface area contributed by atoms with Gasteiger partial charge in [0.05, 0.1) is 14.2 Å². The lowest BCUT2D eigenvalue weighted by atomic mass is 9.91. The van der Waals surface area contributed by atoms with E-state index in [2.05, 4.69) is 12.1 Å². The zero-order valence-corrected chi connectivity index (χ0v) is 11.8. The van der Waals surface area contributed by atoms with Crippen molar-refractivity contribution in [2.24, 2.45) is 5.73 Å². The quantitative estimate of drug-likeness (QED) is 0.828. The van der Waals surface area contributed by atoms with Gasteiger partial charge in [0.15, 0.2) is 11.5 Å². The van der Waals surface area contributed by atoms with Gasteiger partial charge in [0.2, 0.25) is 0 Å². The average Bonchev–Trinajstić information content (AvgIpc) is 2.48. The summed E-state index contributed by atoms with van der Waals surface area (Å²) >= 11 is 0. The SMILES string of the molecule is COc1ccc(CC(N)C2=CCCCC2)cc1OC. The second kappa shape index (κ2) is 6.62. The van der Waals surface area contributed by atoms with Gasteiger partial charge in [0, 0.05) is 6.04 Å². The highest BCUT2D eigenvalue weighted by Crippen LogP contribution is 2.29. The molecule has 2 N–H and O–H groups in total. The largest absolute Gasteiger partial charge is 0.493 e. The maximum absolute atomic E-state index is 6.30. The molecule has 1 aromatic carbocycles. The molecule has 1 aliphatic rings. The Balaban J connectivity index is 2.08. The molecule has 19 heavy (non-hydrogen) atoms. The third-order valence-electron chi connectivity index (χ3n) is 3.71. The predicted octanol–water partition coefficient (Wildman–Crippen LogP) is 3.07. The van der Waals surface area contributed by atoms with Gasteiger partial charge in [-0.1, -0.05) is 17.7 Å². The number of methoxy groups -OCH3 is 2. The maximum Gasteiger partial charge on any atom is 0.160 e. The van der Waals surface area contributed by atoms with Crippen LogP contribution in [0.5, 0.6) is 11.5 Å². The van der Waals surface area contributed by atoms with Crippen LogP contribution in [0.15, 0.2) is 29.8 Å². The van der Waals surface area contributed by atoms with Crippen molar-refractivity contribution in [1.29, 1.82) is 0 Å². The normalized spacial score (nSPS) is 16.7.